The first-order valence-electron chi connectivity index (χ1n) is 10.3. The van der Waals surface area contributed by atoms with Crippen LogP contribution >= 0.6 is 0 Å². The molecule has 2 atom stereocenters. The van der Waals surface area contributed by atoms with Crippen molar-refractivity contribution in [2.45, 2.75) is 45.8 Å². The van der Waals surface area contributed by atoms with Crippen LogP contribution in [0.5, 0.6) is 0 Å². The van der Waals surface area contributed by atoms with E-state index in [1.165, 1.54) is 16.7 Å². The normalized spacial score (nSPS) is 23.5. The molecule has 1 aromatic heterocycles. The summed E-state index contributed by atoms with van der Waals surface area (Å²) in [5.74, 6) is 1.32. The highest BCUT2D eigenvalue weighted by Gasteiger charge is 2.39. The molecule has 0 bridgehead atoms. The van der Waals surface area contributed by atoms with Gasteiger partial charge in [-0.1, -0.05) is 35.9 Å². The molecule has 3 heterocycles. The number of nitrogens with zero attached hydrogens (tertiary/aromatic N) is 4. The molecule has 5 nitrogen and oxygen atoms in total. The maximum Gasteiger partial charge on any atom is 0.240 e. The number of hydrogen-bond acceptors (Lipinski definition) is 4. The summed E-state index contributed by atoms with van der Waals surface area (Å²) in [5.41, 5.74) is 3.65. The fourth-order valence-corrected chi connectivity index (χ4v) is 4.39. The Morgan fingerprint density at radius 3 is 2.43 bits per heavy atom. The van der Waals surface area contributed by atoms with Crippen LogP contribution in [0.1, 0.15) is 30.0 Å². The van der Waals surface area contributed by atoms with Crippen LogP contribution in [0.3, 0.4) is 0 Å². The zero-order chi connectivity index (χ0) is 19.7. The van der Waals surface area contributed by atoms with Gasteiger partial charge >= 0.3 is 0 Å². The van der Waals surface area contributed by atoms with E-state index in [-0.39, 0.29) is 11.9 Å². The quantitative estimate of drug-likeness (QED) is 0.820. The smallest absolute Gasteiger partial charge is 0.240 e. The number of amides is 1. The van der Waals surface area contributed by atoms with Crippen LogP contribution in [0.25, 0.3) is 0 Å². The minimum Gasteiger partial charge on any atom is -0.354 e. The fraction of sp³-hybridized carbons (Fsp3) is 0.478. The molecule has 4 rings (SSSR count). The van der Waals surface area contributed by atoms with Gasteiger partial charge in [0.1, 0.15) is 5.82 Å². The molecule has 2 fully saturated rings. The van der Waals surface area contributed by atoms with E-state index < -0.39 is 0 Å². The number of hydrogen-bond donors (Lipinski definition) is 0. The molecule has 1 amide bonds. The van der Waals surface area contributed by atoms with Crippen molar-refractivity contribution in [2.75, 3.05) is 31.1 Å². The predicted octanol–water partition coefficient (Wildman–Crippen LogP) is 3.01. The van der Waals surface area contributed by atoms with E-state index in [2.05, 4.69) is 72.0 Å². The van der Waals surface area contributed by atoms with E-state index >= 15 is 0 Å². The summed E-state index contributed by atoms with van der Waals surface area (Å²) in [7, 11) is 0. The Labute approximate surface area is 168 Å². The Kier molecular flexibility index (Phi) is 5.36. The number of likely N-dealkylation sites (tertiary alicyclic amines) is 1. The van der Waals surface area contributed by atoms with Gasteiger partial charge < -0.3 is 9.80 Å². The van der Waals surface area contributed by atoms with Crippen LogP contribution < -0.4 is 4.90 Å². The van der Waals surface area contributed by atoms with Crippen LogP contribution in [-0.2, 0) is 11.3 Å². The van der Waals surface area contributed by atoms with Gasteiger partial charge in [0.15, 0.2) is 0 Å². The molecule has 2 aromatic rings. The number of piperazine rings is 1. The van der Waals surface area contributed by atoms with E-state index in [4.69, 9.17) is 0 Å². The van der Waals surface area contributed by atoms with Crippen molar-refractivity contribution in [1.29, 1.82) is 0 Å². The first-order valence-corrected chi connectivity index (χ1v) is 10.3. The van der Waals surface area contributed by atoms with Gasteiger partial charge in [-0.3, -0.25) is 9.69 Å². The van der Waals surface area contributed by atoms with Gasteiger partial charge in [0.25, 0.3) is 0 Å². The van der Waals surface area contributed by atoms with E-state index in [9.17, 15) is 4.79 Å². The molecule has 0 aliphatic carbocycles. The van der Waals surface area contributed by atoms with Crippen molar-refractivity contribution >= 4 is 11.7 Å². The number of carbonyl (C=O) groups excluding carboxylic acids is 1. The third kappa shape index (κ3) is 3.90. The first-order chi connectivity index (χ1) is 13.5. The Hall–Kier alpha value is -2.40. The average molecular weight is 379 g/mol. The average Bonchev–Trinajstić information content (AvgIpc) is 3.04. The minimum absolute atomic E-state index is 0.0218. The number of carbonyl (C=O) groups is 1. The molecule has 148 valence electrons. The molecule has 2 aliphatic rings. The highest BCUT2D eigenvalue weighted by atomic mass is 16.2. The molecule has 28 heavy (non-hydrogen) atoms. The predicted molar refractivity (Wildman–Crippen MR) is 112 cm³/mol. The van der Waals surface area contributed by atoms with E-state index in [1.807, 2.05) is 11.1 Å². The van der Waals surface area contributed by atoms with Gasteiger partial charge in [0, 0.05) is 45.0 Å². The molecule has 2 unspecified atom stereocenters. The lowest BCUT2D eigenvalue weighted by molar-refractivity contribution is -0.133. The van der Waals surface area contributed by atoms with Crippen molar-refractivity contribution in [3.63, 3.8) is 0 Å². The molecule has 0 spiro atoms. The van der Waals surface area contributed by atoms with E-state index in [0.29, 0.717) is 6.04 Å². The molecular weight excluding hydrogens is 348 g/mol. The van der Waals surface area contributed by atoms with Gasteiger partial charge in [-0.2, -0.15) is 0 Å². The standard InChI is InChI=1S/C23H30N4O/c1-17-4-7-20(8-5-17)16-26-11-10-21(23(26)28)27-13-12-25(15-19(27)3)22-9-6-18(2)14-24-22/h4-9,14,19,21H,10-13,15-16H2,1-3H3. The third-order valence-electron chi connectivity index (χ3n) is 6.06. The molecular formula is C23H30N4O. The zero-order valence-corrected chi connectivity index (χ0v) is 17.1. The van der Waals surface area contributed by atoms with Gasteiger partial charge in [-0.05, 0) is 44.4 Å². The summed E-state index contributed by atoms with van der Waals surface area (Å²) in [5, 5.41) is 0. The topological polar surface area (TPSA) is 39.7 Å². The number of pyridine rings is 1. The summed E-state index contributed by atoms with van der Waals surface area (Å²) in [6.07, 6.45) is 2.85. The Morgan fingerprint density at radius 1 is 1.00 bits per heavy atom. The molecule has 0 saturated carbocycles. The summed E-state index contributed by atoms with van der Waals surface area (Å²) in [6, 6.07) is 13.1. The second-order valence-corrected chi connectivity index (χ2v) is 8.28. The maximum absolute atomic E-state index is 13.1. The SMILES string of the molecule is Cc1ccc(CN2CCC(N3CCN(c4ccc(C)cn4)CC3C)C2=O)cc1. The van der Waals surface area contributed by atoms with Crippen molar-refractivity contribution in [3.8, 4) is 0 Å². The van der Waals surface area contributed by atoms with Crippen LogP contribution in [0.4, 0.5) is 5.82 Å². The number of aromatic nitrogens is 1. The molecule has 2 aliphatic heterocycles. The maximum atomic E-state index is 13.1. The monoisotopic (exact) mass is 378 g/mol. The Morgan fingerprint density at radius 2 is 1.75 bits per heavy atom. The minimum atomic E-state index is 0.0218. The fourth-order valence-electron chi connectivity index (χ4n) is 4.39. The van der Waals surface area contributed by atoms with Crippen LogP contribution in [0, 0.1) is 13.8 Å². The first kappa shape index (κ1) is 18.9. The molecule has 0 radical (unpaired) electrons. The molecule has 1 aromatic carbocycles. The summed E-state index contributed by atoms with van der Waals surface area (Å²) < 4.78 is 0. The van der Waals surface area contributed by atoms with Gasteiger partial charge in [-0.25, -0.2) is 4.98 Å². The summed E-state index contributed by atoms with van der Waals surface area (Å²) in [4.78, 5) is 24.4. The highest BCUT2D eigenvalue weighted by molar-refractivity contribution is 5.84. The molecule has 0 N–H and O–H groups in total. The van der Waals surface area contributed by atoms with E-state index in [1.54, 1.807) is 0 Å². The largest absolute Gasteiger partial charge is 0.354 e. The number of rotatable bonds is 4. The van der Waals surface area contributed by atoms with Crippen molar-refractivity contribution < 1.29 is 4.79 Å². The molecule has 5 heteroatoms. The van der Waals surface area contributed by atoms with Crippen LogP contribution in [0.2, 0.25) is 0 Å². The van der Waals surface area contributed by atoms with Crippen LogP contribution in [-0.4, -0.2) is 59.0 Å². The van der Waals surface area contributed by atoms with Gasteiger partial charge in [0.2, 0.25) is 5.91 Å². The Bertz CT molecular complexity index is 818. The number of anilines is 1. The van der Waals surface area contributed by atoms with Crippen molar-refractivity contribution in [2.24, 2.45) is 0 Å². The highest BCUT2D eigenvalue weighted by Crippen LogP contribution is 2.25. The lowest BCUT2D eigenvalue weighted by Crippen LogP contribution is -2.57. The third-order valence-corrected chi connectivity index (χ3v) is 6.06. The zero-order valence-electron chi connectivity index (χ0n) is 17.1. The second kappa shape index (κ2) is 7.92. The molecule has 2 saturated heterocycles. The number of aryl methyl sites for hydroxylation is 2. The lowest BCUT2D eigenvalue weighted by atomic mass is 10.1. The van der Waals surface area contributed by atoms with Crippen molar-refractivity contribution in [1.82, 2.24) is 14.8 Å². The second-order valence-electron chi connectivity index (χ2n) is 8.28. The van der Waals surface area contributed by atoms with Gasteiger partial charge in [-0.15, -0.1) is 0 Å². The summed E-state index contributed by atoms with van der Waals surface area (Å²) >= 11 is 0. The lowest BCUT2D eigenvalue weighted by Gasteiger charge is -2.42. The Balaban J connectivity index is 1.37. The van der Waals surface area contributed by atoms with Gasteiger partial charge in [0.05, 0.1) is 6.04 Å². The van der Waals surface area contributed by atoms with Crippen LogP contribution in [0.15, 0.2) is 42.6 Å². The summed E-state index contributed by atoms with van der Waals surface area (Å²) in [6.45, 7) is 10.7. The van der Waals surface area contributed by atoms with Crippen molar-refractivity contribution in [3.05, 3.63) is 59.3 Å². The van der Waals surface area contributed by atoms with E-state index in [0.717, 1.165) is 45.0 Å². The number of benzene rings is 1.